The molecule has 0 spiro atoms. The van der Waals surface area contributed by atoms with Gasteiger partial charge < -0.3 is 11.5 Å². The lowest BCUT2D eigenvalue weighted by Gasteiger charge is -2.24. The van der Waals surface area contributed by atoms with Crippen LogP contribution in [-0.4, -0.2) is 17.6 Å². The molecule has 19 heavy (non-hydrogen) atoms. The molecule has 0 bridgehead atoms. The highest BCUT2D eigenvalue weighted by atomic mass is 15.2. The molecular weight excluding hydrogens is 234 g/mol. The molecule has 0 radical (unpaired) electrons. The summed E-state index contributed by atoms with van der Waals surface area (Å²) in [6.07, 6.45) is -0.313. The van der Waals surface area contributed by atoms with Gasteiger partial charge in [-0.05, 0) is 11.1 Å². The normalized spacial score (nSPS) is 11.2. The van der Waals surface area contributed by atoms with E-state index in [0.29, 0.717) is 6.54 Å². The highest BCUT2D eigenvalue weighted by molar-refractivity contribution is 5.17. The van der Waals surface area contributed by atoms with Crippen LogP contribution >= 0.6 is 0 Å². The largest absolute Gasteiger partial charge is 0.315 e. The van der Waals surface area contributed by atoms with Crippen LogP contribution < -0.4 is 11.5 Å². The van der Waals surface area contributed by atoms with Gasteiger partial charge in [-0.3, -0.25) is 4.90 Å². The van der Waals surface area contributed by atoms with Crippen LogP contribution in [0.3, 0.4) is 0 Å². The maximum absolute atomic E-state index is 5.74. The van der Waals surface area contributed by atoms with Crippen LogP contribution in [0.25, 0.3) is 0 Å². The maximum atomic E-state index is 5.74. The first-order valence-corrected chi connectivity index (χ1v) is 6.55. The fourth-order valence-electron chi connectivity index (χ4n) is 2.17. The molecule has 0 aliphatic heterocycles. The van der Waals surface area contributed by atoms with Gasteiger partial charge in [0.1, 0.15) is 0 Å². The van der Waals surface area contributed by atoms with E-state index in [0.717, 1.165) is 13.1 Å². The third-order valence-electron chi connectivity index (χ3n) is 2.97. The van der Waals surface area contributed by atoms with Gasteiger partial charge in [-0.25, -0.2) is 0 Å². The molecule has 0 saturated heterocycles. The van der Waals surface area contributed by atoms with Crippen molar-refractivity contribution in [2.75, 3.05) is 6.54 Å². The minimum absolute atomic E-state index is 0.313. The van der Waals surface area contributed by atoms with E-state index in [4.69, 9.17) is 11.5 Å². The van der Waals surface area contributed by atoms with Gasteiger partial charge in [0.05, 0.1) is 6.17 Å². The molecule has 0 fully saturated rings. The summed E-state index contributed by atoms with van der Waals surface area (Å²) in [5, 5.41) is 0. The summed E-state index contributed by atoms with van der Waals surface area (Å²) in [4.78, 5) is 2.27. The predicted molar refractivity (Wildman–Crippen MR) is 79.2 cm³/mol. The lowest BCUT2D eigenvalue weighted by Crippen LogP contribution is -2.42. The zero-order valence-corrected chi connectivity index (χ0v) is 11.1. The maximum Gasteiger partial charge on any atom is 0.0652 e. The molecule has 4 N–H and O–H groups in total. The van der Waals surface area contributed by atoms with Crippen molar-refractivity contribution < 1.29 is 0 Å². The van der Waals surface area contributed by atoms with Gasteiger partial charge >= 0.3 is 0 Å². The summed E-state index contributed by atoms with van der Waals surface area (Å²) >= 11 is 0. The van der Waals surface area contributed by atoms with Crippen molar-refractivity contribution in [1.29, 1.82) is 0 Å². The topological polar surface area (TPSA) is 55.3 Å². The van der Waals surface area contributed by atoms with E-state index in [2.05, 4.69) is 53.4 Å². The summed E-state index contributed by atoms with van der Waals surface area (Å²) < 4.78 is 0. The van der Waals surface area contributed by atoms with Crippen molar-refractivity contribution in [3.63, 3.8) is 0 Å². The van der Waals surface area contributed by atoms with Crippen LogP contribution in [0, 0.1) is 0 Å². The second-order valence-corrected chi connectivity index (χ2v) is 4.80. The zero-order valence-electron chi connectivity index (χ0n) is 11.1. The lowest BCUT2D eigenvalue weighted by molar-refractivity contribution is 0.241. The highest BCUT2D eigenvalue weighted by Gasteiger charge is 2.09. The van der Waals surface area contributed by atoms with Crippen molar-refractivity contribution in [2.24, 2.45) is 11.5 Å². The van der Waals surface area contributed by atoms with E-state index >= 15 is 0 Å². The zero-order chi connectivity index (χ0) is 13.5. The Bertz CT molecular complexity index is 426. The molecule has 0 aromatic heterocycles. The third-order valence-corrected chi connectivity index (χ3v) is 2.97. The van der Waals surface area contributed by atoms with Crippen LogP contribution in [0.15, 0.2) is 60.7 Å². The number of hydrogen-bond acceptors (Lipinski definition) is 3. The van der Waals surface area contributed by atoms with Gasteiger partial charge in [-0.15, -0.1) is 0 Å². The third kappa shape index (κ3) is 4.83. The number of rotatable bonds is 6. The molecule has 0 heterocycles. The van der Waals surface area contributed by atoms with E-state index in [1.165, 1.54) is 11.1 Å². The quantitative estimate of drug-likeness (QED) is 0.776. The Morgan fingerprint density at radius 2 is 1.16 bits per heavy atom. The second-order valence-electron chi connectivity index (χ2n) is 4.80. The summed E-state index contributed by atoms with van der Waals surface area (Å²) in [6.45, 7) is 2.41. The molecule has 0 aliphatic carbocycles. The van der Waals surface area contributed by atoms with Crippen molar-refractivity contribution in [2.45, 2.75) is 19.3 Å². The molecule has 3 heteroatoms. The van der Waals surface area contributed by atoms with E-state index in [1.54, 1.807) is 0 Å². The molecule has 2 rings (SSSR count). The smallest absolute Gasteiger partial charge is 0.0652 e. The Kier molecular flexibility index (Phi) is 5.10. The minimum atomic E-state index is -0.313. The molecule has 0 saturated carbocycles. The van der Waals surface area contributed by atoms with Crippen molar-refractivity contribution in [3.05, 3.63) is 71.8 Å². The Morgan fingerprint density at radius 3 is 1.53 bits per heavy atom. The van der Waals surface area contributed by atoms with Gasteiger partial charge in [0.15, 0.2) is 0 Å². The standard InChI is InChI=1S/C16H21N3/c17-16(18)13-19(11-14-7-3-1-4-8-14)12-15-9-5-2-6-10-15/h1-10,16H,11-13,17-18H2. The Morgan fingerprint density at radius 1 is 0.737 bits per heavy atom. The van der Waals surface area contributed by atoms with Gasteiger partial charge in [0.25, 0.3) is 0 Å². The Balaban J connectivity index is 2.03. The number of nitrogens with two attached hydrogens (primary N) is 2. The Labute approximate surface area is 114 Å². The minimum Gasteiger partial charge on any atom is -0.315 e. The van der Waals surface area contributed by atoms with Crippen molar-refractivity contribution in [1.82, 2.24) is 4.90 Å². The molecule has 100 valence electrons. The summed E-state index contributed by atoms with van der Waals surface area (Å²) in [7, 11) is 0. The van der Waals surface area contributed by atoms with E-state index in [-0.39, 0.29) is 6.17 Å². The first kappa shape index (κ1) is 13.7. The van der Waals surface area contributed by atoms with Gasteiger partial charge in [0, 0.05) is 19.6 Å². The van der Waals surface area contributed by atoms with Gasteiger partial charge in [-0.1, -0.05) is 60.7 Å². The molecule has 0 atom stereocenters. The molecule has 0 aliphatic rings. The fraction of sp³-hybridized carbons (Fsp3) is 0.250. The summed E-state index contributed by atoms with van der Waals surface area (Å²) in [5.74, 6) is 0. The van der Waals surface area contributed by atoms with E-state index < -0.39 is 0 Å². The molecule has 3 nitrogen and oxygen atoms in total. The van der Waals surface area contributed by atoms with Crippen LogP contribution in [0.2, 0.25) is 0 Å². The van der Waals surface area contributed by atoms with E-state index in [9.17, 15) is 0 Å². The molecule has 0 unspecified atom stereocenters. The average molecular weight is 255 g/mol. The summed E-state index contributed by atoms with van der Waals surface area (Å²) in [5.41, 5.74) is 14.0. The lowest BCUT2D eigenvalue weighted by atomic mass is 10.1. The first-order valence-electron chi connectivity index (χ1n) is 6.55. The molecule has 2 aromatic rings. The SMILES string of the molecule is NC(N)CN(Cc1ccccc1)Cc1ccccc1. The van der Waals surface area contributed by atoms with Crippen LogP contribution in [0.4, 0.5) is 0 Å². The molecule has 0 amide bonds. The number of nitrogens with zero attached hydrogens (tertiary/aromatic N) is 1. The second kappa shape index (κ2) is 7.04. The number of hydrogen-bond donors (Lipinski definition) is 2. The molecule has 2 aromatic carbocycles. The summed E-state index contributed by atoms with van der Waals surface area (Å²) in [6, 6.07) is 20.8. The van der Waals surface area contributed by atoms with Crippen LogP contribution in [-0.2, 0) is 13.1 Å². The van der Waals surface area contributed by atoms with Crippen LogP contribution in [0.1, 0.15) is 11.1 Å². The fourth-order valence-corrected chi connectivity index (χ4v) is 2.17. The van der Waals surface area contributed by atoms with Gasteiger partial charge in [-0.2, -0.15) is 0 Å². The van der Waals surface area contributed by atoms with Crippen molar-refractivity contribution >= 4 is 0 Å². The number of benzene rings is 2. The average Bonchev–Trinajstić information content (AvgIpc) is 2.40. The Hall–Kier alpha value is -1.68. The monoisotopic (exact) mass is 255 g/mol. The van der Waals surface area contributed by atoms with Gasteiger partial charge in [0.2, 0.25) is 0 Å². The predicted octanol–water partition coefficient (Wildman–Crippen LogP) is 1.93. The van der Waals surface area contributed by atoms with Crippen molar-refractivity contribution in [3.8, 4) is 0 Å². The highest BCUT2D eigenvalue weighted by Crippen LogP contribution is 2.09. The first-order chi connectivity index (χ1) is 9.24. The molecular formula is C16H21N3. The van der Waals surface area contributed by atoms with Crippen LogP contribution in [0.5, 0.6) is 0 Å². The van der Waals surface area contributed by atoms with E-state index in [1.807, 2.05) is 12.1 Å².